The fourth-order valence-electron chi connectivity index (χ4n) is 1.68. The molecule has 0 aromatic heterocycles. The second-order valence-corrected chi connectivity index (χ2v) is 4.70. The number of nitrogens with zero attached hydrogens (tertiary/aromatic N) is 1. The molecule has 102 valence electrons. The van der Waals surface area contributed by atoms with Crippen LogP contribution < -0.4 is 5.73 Å². The van der Waals surface area contributed by atoms with Crippen molar-refractivity contribution in [1.82, 2.24) is 4.90 Å². The molecule has 3 nitrogen and oxygen atoms in total. The predicted octanol–water partition coefficient (Wildman–Crippen LogP) is 2.07. The van der Waals surface area contributed by atoms with E-state index in [9.17, 15) is 4.79 Å². The Balaban J connectivity index is 0.00000289. The molecule has 0 aliphatic heterocycles. The molecule has 4 heteroatoms. The zero-order chi connectivity index (χ0) is 13.0. The first kappa shape index (κ1) is 16.9. The normalized spacial score (nSPS) is 11.6. The Hall–Kier alpha value is -1.06. The van der Waals surface area contributed by atoms with E-state index in [-0.39, 0.29) is 24.4 Å². The highest BCUT2D eigenvalue weighted by atomic mass is 35.5. The maximum Gasteiger partial charge on any atom is 0.227 e. The van der Waals surface area contributed by atoms with Crippen LogP contribution in [0.4, 0.5) is 0 Å². The van der Waals surface area contributed by atoms with Gasteiger partial charge in [0.05, 0.1) is 6.42 Å². The second-order valence-electron chi connectivity index (χ2n) is 4.70. The average Bonchev–Trinajstić information content (AvgIpc) is 2.31. The fraction of sp³-hybridized carbons (Fsp3) is 0.500. The van der Waals surface area contributed by atoms with E-state index in [4.69, 9.17) is 5.73 Å². The highest BCUT2D eigenvalue weighted by Crippen LogP contribution is 2.12. The molecule has 1 unspecified atom stereocenters. The van der Waals surface area contributed by atoms with Crippen molar-refractivity contribution in [3.8, 4) is 0 Å². The molecule has 0 heterocycles. The molecule has 0 saturated carbocycles. The fourth-order valence-corrected chi connectivity index (χ4v) is 1.68. The van der Waals surface area contributed by atoms with Crippen LogP contribution in [0.25, 0.3) is 0 Å². The second kappa shape index (κ2) is 7.39. The lowest BCUT2D eigenvalue weighted by Crippen LogP contribution is -2.40. The maximum atomic E-state index is 12.0. The molecule has 0 radical (unpaired) electrons. The lowest BCUT2D eigenvalue weighted by molar-refractivity contribution is -0.130. The van der Waals surface area contributed by atoms with E-state index in [1.165, 1.54) is 5.56 Å². The Morgan fingerprint density at radius 2 is 2.00 bits per heavy atom. The number of nitrogens with two attached hydrogens (primary N) is 1. The van der Waals surface area contributed by atoms with Crippen LogP contribution in [-0.2, 0) is 11.2 Å². The summed E-state index contributed by atoms with van der Waals surface area (Å²) in [6.07, 6.45) is 0.453. The highest BCUT2D eigenvalue weighted by Gasteiger charge is 2.15. The molecule has 18 heavy (non-hydrogen) atoms. The van der Waals surface area contributed by atoms with E-state index in [1.807, 2.05) is 27.8 Å². The number of aryl methyl sites for hydroxylation is 2. The molecule has 0 aliphatic rings. The SMILES string of the molecule is Cc1ccc(C)c(CC(=O)N(C)C(C)CN)c1.Cl. The summed E-state index contributed by atoms with van der Waals surface area (Å²) in [5.41, 5.74) is 9.02. The van der Waals surface area contributed by atoms with Gasteiger partial charge in [0, 0.05) is 19.6 Å². The van der Waals surface area contributed by atoms with Crippen molar-refractivity contribution in [2.45, 2.75) is 33.2 Å². The first-order valence-corrected chi connectivity index (χ1v) is 5.97. The van der Waals surface area contributed by atoms with Gasteiger partial charge in [-0.15, -0.1) is 12.4 Å². The van der Waals surface area contributed by atoms with E-state index in [1.54, 1.807) is 4.90 Å². The summed E-state index contributed by atoms with van der Waals surface area (Å²) in [6.45, 7) is 6.53. The van der Waals surface area contributed by atoms with Crippen molar-refractivity contribution in [3.63, 3.8) is 0 Å². The van der Waals surface area contributed by atoms with Gasteiger partial charge in [0.15, 0.2) is 0 Å². The molecule has 1 amide bonds. The largest absolute Gasteiger partial charge is 0.341 e. The van der Waals surface area contributed by atoms with Gasteiger partial charge in [0.1, 0.15) is 0 Å². The minimum atomic E-state index is 0. The topological polar surface area (TPSA) is 46.3 Å². The summed E-state index contributed by atoms with van der Waals surface area (Å²) in [5.74, 6) is 0.122. The van der Waals surface area contributed by atoms with Gasteiger partial charge < -0.3 is 10.6 Å². The summed E-state index contributed by atoms with van der Waals surface area (Å²) in [4.78, 5) is 13.8. The van der Waals surface area contributed by atoms with E-state index in [0.717, 1.165) is 11.1 Å². The molecule has 0 fully saturated rings. The van der Waals surface area contributed by atoms with Crippen molar-refractivity contribution in [1.29, 1.82) is 0 Å². The first-order chi connectivity index (χ1) is 7.95. The van der Waals surface area contributed by atoms with Crippen molar-refractivity contribution in [2.24, 2.45) is 5.73 Å². The van der Waals surface area contributed by atoms with Crippen LogP contribution in [0, 0.1) is 13.8 Å². The molecular formula is C14H23ClN2O. The molecule has 2 N–H and O–H groups in total. The van der Waals surface area contributed by atoms with E-state index >= 15 is 0 Å². The van der Waals surface area contributed by atoms with Gasteiger partial charge in [-0.1, -0.05) is 23.8 Å². The van der Waals surface area contributed by atoms with E-state index < -0.39 is 0 Å². The number of halogens is 1. The van der Waals surface area contributed by atoms with E-state index in [2.05, 4.69) is 18.2 Å². The lowest BCUT2D eigenvalue weighted by atomic mass is 10.0. The van der Waals surface area contributed by atoms with Crippen LogP contribution in [0.15, 0.2) is 18.2 Å². The smallest absolute Gasteiger partial charge is 0.227 e. The molecule has 1 rings (SSSR count). The van der Waals surface area contributed by atoms with Crippen molar-refractivity contribution in [2.75, 3.05) is 13.6 Å². The summed E-state index contributed by atoms with van der Waals surface area (Å²) < 4.78 is 0. The summed E-state index contributed by atoms with van der Waals surface area (Å²) in [7, 11) is 1.81. The van der Waals surface area contributed by atoms with Crippen molar-refractivity contribution >= 4 is 18.3 Å². The van der Waals surface area contributed by atoms with Gasteiger partial charge in [-0.25, -0.2) is 0 Å². The van der Waals surface area contributed by atoms with Crippen molar-refractivity contribution < 1.29 is 4.79 Å². The molecule has 1 aromatic carbocycles. The predicted molar refractivity (Wildman–Crippen MR) is 78.2 cm³/mol. The van der Waals surface area contributed by atoms with Crippen LogP contribution in [0.3, 0.4) is 0 Å². The molecule has 0 saturated heterocycles. The number of amides is 1. The van der Waals surface area contributed by atoms with Gasteiger partial charge >= 0.3 is 0 Å². The number of benzene rings is 1. The number of carbonyl (C=O) groups excluding carboxylic acids is 1. The third kappa shape index (κ3) is 4.31. The zero-order valence-corrected chi connectivity index (χ0v) is 12.4. The van der Waals surface area contributed by atoms with Gasteiger partial charge in [0.25, 0.3) is 0 Å². The quantitative estimate of drug-likeness (QED) is 0.911. The summed E-state index contributed by atoms with van der Waals surface area (Å²) >= 11 is 0. The van der Waals surface area contributed by atoms with Crippen LogP contribution in [0.2, 0.25) is 0 Å². The molecule has 1 aromatic rings. The number of hydrogen-bond acceptors (Lipinski definition) is 2. The molecular weight excluding hydrogens is 248 g/mol. The van der Waals surface area contributed by atoms with E-state index in [0.29, 0.717) is 13.0 Å². The summed E-state index contributed by atoms with van der Waals surface area (Å²) in [5, 5.41) is 0. The Morgan fingerprint density at radius 1 is 1.39 bits per heavy atom. The van der Waals surface area contributed by atoms with Gasteiger partial charge in [-0.2, -0.15) is 0 Å². The summed E-state index contributed by atoms with van der Waals surface area (Å²) in [6, 6.07) is 6.29. The van der Waals surface area contributed by atoms with Crippen LogP contribution in [0.5, 0.6) is 0 Å². The first-order valence-electron chi connectivity index (χ1n) is 5.97. The molecule has 0 bridgehead atoms. The maximum absolute atomic E-state index is 12.0. The average molecular weight is 271 g/mol. The van der Waals surface area contributed by atoms with Gasteiger partial charge in [-0.05, 0) is 31.9 Å². The van der Waals surface area contributed by atoms with Gasteiger partial charge in [-0.3, -0.25) is 4.79 Å². The zero-order valence-electron chi connectivity index (χ0n) is 11.6. The monoisotopic (exact) mass is 270 g/mol. The number of likely N-dealkylation sites (N-methyl/N-ethyl adjacent to an activating group) is 1. The third-order valence-electron chi connectivity index (χ3n) is 3.24. The Labute approximate surface area is 116 Å². The molecule has 1 atom stereocenters. The minimum absolute atomic E-state index is 0. The number of carbonyl (C=O) groups is 1. The number of hydrogen-bond donors (Lipinski definition) is 1. The lowest BCUT2D eigenvalue weighted by Gasteiger charge is -2.24. The highest BCUT2D eigenvalue weighted by molar-refractivity contribution is 5.85. The number of rotatable bonds is 4. The van der Waals surface area contributed by atoms with Gasteiger partial charge in [0.2, 0.25) is 5.91 Å². The Kier molecular flexibility index (Phi) is 6.96. The standard InChI is InChI=1S/C14H22N2O.ClH/c1-10-5-6-11(2)13(7-10)8-14(17)16(4)12(3)9-15;/h5-7,12H,8-9,15H2,1-4H3;1H. The van der Waals surface area contributed by atoms with Crippen LogP contribution in [-0.4, -0.2) is 30.4 Å². The minimum Gasteiger partial charge on any atom is -0.341 e. The Bertz CT molecular complexity index is 407. The molecule has 0 aliphatic carbocycles. The third-order valence-corrected chi connectivity index (χ3v) is 3.24. The molecule has 0 spiro atoms. The van der Waals surface area contributed by atoms with Crippen molar-refractivity contribution in [3.05, 3.63) is 34.9 Å². The van der Waals surface area contributed by atoms with Crippen LogP contribution >= 0.6 is 12.4 Å². The Morgan fingerprint density at radius 3 is 2.56 bits per heavy atom. The van der Waals surface area contributed by atoms with Crippen LogP contribution in [0.1, 0.15) is 23.6 Å².